The van der Waals surface area contributed by atoms with E-state index in [4.69, 9.17) is 9.97 Å². The lowest BCUT2D eigenvalue weighted by atomic mass is 9.93. The Morgan fingerprint density at radius 2 is 1.51 bits per heavy atom. The number of thiophene rings is 1. The molecule has 0 aliphatic heterocycles. The average molecular weight is 570 g/mol. The highest BCUT2D eigenvalue weighted by Crippen LogP contribution is 2.42. The monoisotopic (exact) mass is 569 g/mol. The van der Waals surface area contributed by atoms with Crippen molar-refractivity contribution < 1.29 is 0 Å². The largest absolute Gasteiger partial charge is 0.310 e. The van der Waals surface area contributed by atoms with Crippen LogP contribution in [-0.4, -0.2) is 14.5 Å². The van der Waals surface area contributed by atoms with Crippen molar-refractivity contribution in [2.75, 3.05) is 0 Å². The van der Waals surface area contributed by atoms with Gasteiger partial charge < -0.3 is 4.57 Å². The first kappa shape index (κ1) is 24.5. The number of hydrogen-bond acceptors (Lipinski definition) is 3. The fourth-order valence-electron chi connectivity index (χ4n) is 6.74. The summed E-state index contributed by atoms with van der Waals surface area (Å²) < 4.78 is 4.93. The van der Waals surface area contributed by atoms with Crippen LogP contribution in [0, 0.1) is 5.92 Å². The molecule has 9 rings (SSSR count). The Labute approximate surface area is 253 Å². The molecule has 1 unspecified atom stereocenters. The van der Waals surface area contributed by atoms with E-state index in [-0.39, 0.29) is 0 Å². The molecule has 0 fully saturated rings. The predicted molar refractivity (Wildman–Crippen MR) is 182 cm³/mol. The van der Waals surface area contributed by atoms with Crippen LogP contribution in [0.5, 0.6) is 0 Å². The van der Waals surface area contributed by atoms with E-state index in [1.807, 2.05) is 11.3 Å². The number of allylic oxidation sites excluding steroid dienone is 1. The maximum Gasteiger partial charge on any atom is 0.160 e. The first-order chi connectivity index (χ1) is 21.2. The molecule has 0 radical (unpaired) electrons. The molecule has 3 heterocycles. The third-order valence-corrected chi connectivity index (χ3v) is 9.95. The van der Waals surface area contributed by atoms with E-state index in [1.54, 1.807) is 0 Å². The molecule has 0 saturated heterocycles. The van der Waals surface area contributed by atoms with E-state index < -0.39 is 0 Å². The third kappa shape index (κ3) is 3.80. The number of nitrogens with zero attached hydrogens (tertiary/aromatic N) is 3. The molecule has 3 nitrogen and oxygen atoms in total. The van der Waals surface area contributed by atoms with Crippen molar-refractivity contribution in [1.29, 1.82) is 0 Å². The van der Waals surface area contributed by atoms with Crippen LogP contribution in [0.2, 0.25) is 0 Å². The highest BCUT2D eigenvalue weighted by atomic mass is 32.1. The molecule has 0 N–H and O–H groups in total. The minimum atomic E-state index is 0.497. The molecule has 1 aliphatic rings. The van der Waals surface area contributed by atoms with Crippen molar-refractivity contribution >= 4 is 59.4 Å². The summed E-state index contributed by atoms with van der Waals surface area (Å²) in [6, 6.07) is 41.0. The summed E-state index contributed by atoms with van der Waals surface area (Å²) in [4.78, 5) is 10.6. The van der Waals surface area contributed by atoms with Crippen molar-refractivity contribution in [3.05, 3.63) is 133 Å². The van der Waals surface area contributed by atoms with Gasteiger partial charge in [0.25, 0.3) is 0 Å². The van der Waals surface area contributed by atoms with Gasteiger partial charge in [0, 0.05) is 53.5 Å². The van der Waals surface area contributed by atoms with Crippen LogP contribution in [0.1, 0.15) is 18.2 Å². The third-order valence-electron chi connectivity index (χ3n) is 8.75. The van der Waals surface area contributed by atoms with E-state index >= 15 is 0 Å². The molecule has 1 aliphatic carbocycles. The molecule has 43 heavy (non-hydrogen) atoms. The topological polar surface area (TPSA) is 30.7 Å². The summed E-state index contributed by atoms with van der Waals surface area (Å²) in [5, 5.41) is 4.95. The normalized spacial score (nSPS) is 14.7. The number of benzene rings is 5. The molecular weight excluding hydrogens is 543 g/mol. The molecule has 204 valence electrons. The van der Waals surface area contributed by atoms with Gasteiger partial charge in [-0.25, -0.2) is 9.97 Å². The van der Waals surface area contributed by atoms with E-state index in [9.17, 15) is 0 Å². The molecule has 5 aromatic carbocycles. The van der Waals surface area contributed by atoms with Gasteiger partial charge in [-0.1, -0.05) is 85.8 Å². The summed E-state index contributed by atoms with van der Waals surface area (Å²) in [5.74, 6) is 1.26. The fraction of sp³-hybridized carbons (Fsp3) is 0.0769. The van der Waals surface area contributed by atoms with Crippen LogP contribution in [0.15, 0.2) is 121 Å². The molecule has 3 aromatic heterocycles. The van der Waals surface area contributed by atoms with Gasteiger partial charge in [0.15, 0.2) is 5.82 Å². The first-order valence-electron chi connectivity index (χ1n) is 14.8. The van der Waals surface area contributed by atoms with Crippen LogP contribution in [0.3, 0.4) is 0 Å². The lowest BCUT2D eigenvalue weighted by molar-refractivity contribution is 0.718. The van der Waals surface area contributed by atoms with E-state index in [1.165, 1.54) is 48.0 Å². The molecule has 8 aromatic rings. The molecular formula is C39H27N3S. The molecule has 0 spiro atoms. The van der Waals surface area contributed by atoms with Crippen molar-refractivity contribution in [1.82, 2.24) is 14.5 Å². The fourth-order valence-corrected chi connectivity index (χ4v) is 7.99. The molecule has 0 bridgehead atoms. The SMILES string of the molecule is CC1C=Cc2c(c3cc(-c4nc(-c5ccccc5)c5c(ccc6c7ccccc7sc65)n4)ccc3n2-c2ccccc2)C1. The molecule has 0 amide bonds. The van der Waals surface area contributed by atoms with Gasteiger partial charge in [-0.05, 0) is 66.4 Å². The second-order valence-corrected chi connectivity index (χ2v) is 12.6. The minimum absolute atomic E-state index is 0.497. The number of hydrogen-bond donors (Lipinski definition) is 0. The van der Waals surface area contributed by atoms with Crippen molar-refractivity contribution in [2.24, 2.45) is 5.92 Å². The smallest absolute Gasteiger partial charge is 0.160 e. The predicted octanol–water partition coefficient (Wildman–Crippen LogP) is 10.5. The summed E-state index contributed by atoms with van der Waals surface area (Å²) in [6.45, 7) is 2.29. The molecule has 1 atom stereocenters. The lowest BCUT2D eigenvalue weighted by Crippen LogP contribution is -2.05. The van der Waals surface area contributed by atoms with Crippen LogP contribution < -0.4 is 0 Å². The minimum Gasteiger partial charge on any atom is -0.310 e. The Bertz CT molecular complexity index is 2380. The standard InChI is InChI=1S/C39H27N3S/c1-24-16-20-33-30(22-24)31-23-26(17-21-34(31)42(33)27-12-6-3-7-13-27)39-40-32-19-18-29-28-14-8-9-15-35(28)43-38(29)36(32)37(41-39)25-10-4-2-5-11-25/h2-21,23-24H,22H2,1H3. The van der Waals surface area contributed by atoms with Gasteiger partial charge in [-0.3, -0.25) is 0 Å². The van der Waals surface area contributed by atoms with Gasteiger partial charge >= 0.3 is 0 Å². The zero-order valence-corrected chi connectivity index (χ0v) is 24.5. The zero-order valence-electron chi connectivity index (χ0n) is 23.7. The summed E-state index contributed by atoms with van der Waals surface area (Å²) in [5.41, 5.74) is 9.17. The van der Waals surface area contributed by atoms with Gasteiger partial charge in [0.05, 0.1) is 16.7 Å². The molecule has 4 heteroatoms. The number of rotatable bonds is 3. The first-order valence-corrected chi connectivity index (χ1v) is 15.6. The second kappa shape index (κ2) is 9.48. The number of fused-ring (bicyclic) bond motifs is 8. The quantitative estimate of drug-likeness (QED) is 0.212. The van der Waals surface area contributed by atoms with E-state index in [0.29, 0.717) is 5.92 Å². The lowest BCUT2D eigenvalue weighted by Gasteiger charge is -2.15. The van der Waals surface area contributed by atoms with E-state index in [0.717, 1.165) is 40.0 Å². The van der Waals surface area contributed by atoms with Crippen molar-refractivity contribution in [3.63, 3.8) is 0 Å². The Morgan fingerprint density at radius 1 is 0.721 bits per heavy atom. The van der Waals surface area contributed by atoms with Gasteiger partial charge in [-0.15, -0.1) is 11.3 Å². The van der Waals surface area contributed by atoms with Crippen LogP contribution >= 0.6 is 11.3 Å². The highest BCUT2D eigenvalue weighted by Gasteiger charge is 2.23. The zero-order chi connectivity index (χ0) is 28.5. The van der Waals surface area contributed by atoms with Gasteiger partial charge in [-0.2, -0.15) is 0 Å². The maximum absolute atomic E-state index is 5.34. The van der Waals surface area contributed by atoms with Gasteiger partial charge in [0.1, 0.15) is 0 Å². The van der Waals surface area contributed by atoms with E-state index in [2.05, 4.69) is 139 Å². The average Bonchev–Trinajstić information content (AvgIpc) is 3.60. The summed E-state index contributed by atoms with van der Waals surface area (Å²) in [6.07, 6.45) is 5.64. The second-order valence-electron chi connectivity index (χ2n) is 11.5. The Hall–Kier alpha value is -5.06. The Balaban J connectivity index is 1.31. The summed E-state index contributed by atoms with van der Waals surface area (Å²) >= 11 is 1.83. The number of aromatic nitrogens is 3. The Kier molecular flexibility index (Phi) is 5.41. The van der Waals surface area contributed by atoms with Crippen LogP contribution in [0.25, 0.3) is 76.4 Å². The highest BCUT2D eigenvalue weighted by molar-refractivity contribution is 7.26. The molecule has 0 saturated carbocycles. The Morgan fingerprint density at radius 3 is 2.37 bits per heavy atom. The van der Waals surface area contributed by atoms with Crippen LogP contribution in [-0.2, 0) is 6.42 Å². The van der Waals surface area contributed by atoms with Crippen molar-refractivity contribution in [2.45, 2.75) is 13.3 Å². The van der Waals surface area contributed by atoms with Gasteiger partial charge in [0.2, 0.25) is 0 Å². The summed E-state index contributed by atoms with van der Waals surface area (Å²) in [7, 11) is 0. The van der Waals surface area contributed by atoms with Crippen molar-refractivity contribution in [3.8, 4) is 28.3 Å². The van der Waals surface area contributed by atoms with Crippen LogP contribution in [0.4, 0.5) is 0 Å². The number of para-hydroxylation sites is 1. The maximum atomic E-state index is 5.34.